The zero-order valence-electron chi connectivity index (χ0n) is 12.6. The second-order valence-electron chi connectivity index (χ2n) is 5.59. The molecule has 1 aromatic carbocycles. The van der Waals surface area contributed by atoms with Crippen LogP contribution in [0.1, 0.15) is 27.9 Å². The normalized spacial score (nSPS) is 17.1. The maximum atomic E-state index is 12.6. The fourth-order valence-electron chi connectivity index (χ4n) is 2.80. The van der Waals surface area contributed by atoms with E-state index in [4.69, 9.17) is 5.73 Å². The molecule has 2 rings (SSSR count). The smallest absolute Gasteiger partial charge is 0.254 e. The van der Waals surface area contributed by atoms with Gasteiger partial charge in [-0.25, -0.2) is 0 Å². The first-order valence-electron chi connectivity index (χ1n) is 7.41. The Hall–Kier alpha value is -1.39. The highest BCUT2D eigenvalue weighted by Crippen LogP contribution is 2.14. The summed E-state index contributed by atoms with van der Waals surface area (Å²) in [4.78, 5) is 17.0. The van der Waals surface area contributed by atoms with Crippen molar-refractivity contribution in [3.05, 3.63) is 34.9 Å². The minimum atomic E-state index is 0.164. The molecule has 0 aromatic heterocycles. The van der Waals surface area contributed by atoms with Crippen molar-refractivity contribution in [2.24, 2.45) is 5.73 Å². The lowest BCUT2D eigenvalue weighted by Gasteiger charge is -2.22. The fourth-order valence-corrected chi connectivity index (χ4v) is 2.80. The van der Waals surface area contributed by atoms with Gasteiger partial charge in [0.1, 0.15) is 0 Å². The molecule has 0 spiro atoms. The minimum absolute atomic E-state index is 0.164. The van der Waals surface area contributed by atoms with Crippen LogP contribution in [0.15, 0.2) is 18.2 Å². The van der Waals surface area contributed by atoms with Crippen LogP contribution < -0.4 is 5.73 Å². The number of carbonyl (C=O) groups excluding carboxylic acids is 1. The number of nitrogens with two attached hydrogens (primary N) is 1. The predicted molar refractivity (Wildman–Crippen MR) is 81.9 cm³/mol. The zero-order valence-corrected chi connectivity index (χ0v) is 12.6. The molecule has 110 valence electrons. The maximum absolute atomic E-state index is 12.6. The van der Waals surface area contributed by atoms with Crippen LogP contribution in [-0.2, 0) is 0 Å². The van der Waals surface area contributed by atoms with Crippen LogP contribution in [-0.4, -0.2) is 55.0 Å². The number of nitrogens with zero attached hydrogens (tertiary/aromatic N) is 2. The van der Waals surface area contributed by atoms with Crippen LogP contribution in [0.4, 0.5) is 0 Å². The number of aryl methyl sites for hydroxylation is 2. The Kier molecular flexibility index (Phi) is 5.15. The molecule has 1 fully saturated rings. The summed E-state index contributed by atoms with van der Waals surface area (Å²) in [5.74, 6) is 0.164. The first kappa shape index (κ1) is 15.0. The van der Waals surface area contributed by atoms with E-state index in [1.807, 2.05) is 24.0 Å². The third-order valence-corrected chi connectivity index (χ3v) is 3.93. The van der Waals surface area contributed by atoms with Crippen LogP contribution in [0, 0.1) is 13.8 Å². The Bertz CT molecular complexity index is 473. The van der Waals surface area contributed by atoms with Gasteiger partial charge >= 0.3 is 0 Å². The number of amides is 1. The van der Waals surface area contributed by atoms with E-state index in [2.05, 4.69) is 17.9 Å². The quantitative estimate of drug-likeness (QED) is 0.907. The van der Waals surface area contributed by atoms with Gasteiger partial charge in [0.25, 0.3) is 5.91 Å². The highest BCUT2D eigenvalue weighted by atomic mass is 16.2. The van der Waals surface area contributed by atoms with Gasteiger partial charge in [0, 0.05) is 38.3 Å². The summed E-state index contributed by atoms with van der Waals surface area (Å²) >= 11 is 0. The molecule has 20 heavy (non-hydrogen) atoms. The summed E-state index contributed by atoms with van der Waals surface area (Å²) in [5.41, 5.74) is 8.71. The van der Waals surface area contributed by atoms with E-state index in [0.717, 1.165) is 50.3 Å². The molecule has 1 heterocycles. The van der Waals surface area contributed by atoms with Gasteiger partial charge in [-0.05, 0) is 38.4 Å². The van der Waals surface area contributed by atoms with Gasteiger partial charge in [0.05, 0.1) is 0 Å². The molecule has 4 heteroatoms. The summed E-state index contributed by atoms with van der Waals surface area (Å²) in [7, 11) is 0. The molecule has 1 aliphatic rings. The molecule has 1 aliphatic heterocycles. The first-order chi connectivity index (χ1) is 9.61. The SMILES string of the molecule is Cc1ccc(C(=O)N2CCCN(CCN)CC2)c(C)c1. The summed E-state index contributed by atoms with van der Waals surface area (Å²) in [6.45, 7) is 9.27. The molecule has 1 aromatic rings. The molecule has 2 N–H and O–H groups in total. The van der Waals surface area contributed by atoms with Crippen LogP contribution in [0.2, 0.25) is 0 Å². The third kappa shape index (κ3) is 3.58. The lowest BCUT2D eigenvalue weighted by atomic mass is 10.0. The summed E-state index contributed by atoms with van der Waals surface area (Å²) in [6, 6.07) is 6.04. The van der Waals surface area contributed by atoms with Crippen molar-refractivity contribution in [1.29, 1.82) is 0 Å². The molecular weight excluding hydrogens is 250 g/mol. The Morgan fingerprint density at radius 2 is 2.00 bits per heavy atom. The van der Waals surface area contributed by atoms with Gasteiger partial charge in [-0.15, -0.1) is 0 Å². The molecule has 1 saturated heterocycles. The first-order valence-corrected chi connectivity index (χ1v) is 7.41. The van der Waals surface area contributed by atoms with E-state index in [0.29, 0.717) is 6.54 Å². The van der Waals surface area contributed by atoms with Gasteiger partial charge in [-0.3, -0.25) is 4.79 Å². The summed E-state index contributed by atoms with van der Waals surface area (Å²) < 4.78 is 0. The molecule has 0 unspecified atom stereocenters. The number of benzene rings is 1. The maximum Gasteiger partial charge on any atom is 0.254 e. The van der Waals surface area contributed by atoms with E-state index in [1.54, 1.807) is 0 Å². The van der Waals surface area contributed by atoms with E-state index in [-0.39, 0.29) is 5.91 Å². The molecule has 0 atom stereocenters. The van der Waals surface area contributed by atoms with Crippen molar-refractivity contribution >= 4 is 5.91 Å². The van der Waals surface area contributed by atoms with E-state index >= 15 is 0 Å². The van der Waals surface area contributed by atoms with Crippen LogP contribution in [0.5, 0.6) is 0 Å². The van der Waals surface area contributed by atoms with Crippen molar-refractivity contribution in [3.63, 3.8) is 0 Å². The second kappa shape index (κ2) is 6.86. The number of hydrogen-bond donors (Lipinski definition) is 1. The monoisotopic (exact) mass is 275 g/mol. The molecule has 4 nitrogen and oxygen atoms in total. The molecular formula is C16H25N3O. The average Bonchev–Trinajstić information content (AvgIpc) is 2.64. The Morgan fingerprint density at radius 1 is 1.20 bits per heavy atom. The van der Waals surface area contributed by atoms with Crippen molar-refractivity contribution in [1.82, 2.24) is 9.80 Å². The minimum Gasteiger partial charge on any atom is -0.337 e. The fraction of sp³-hybridized carbons (Fsp3) is 0.562. The van der Waals surface area contributed by atoms with Crippen LogP contribution >= 0.6 is 0 Å². The lowest BCUT2D eigenvalue weighted by molar-refractivity contribution is 0.0761. The zero-order chi connectivity index (χ0) is 14.5. The third-order valence-electron chi connectivity index (χ3n) is 3.93. The van der Waals surface area contributed by atoms with Crippen LogP contribution in [0.3, 0.4) is 0 Å². The second-order valence-corrected chi connectivity index (χ2v) is 5.59. The highest BCUT2D eigenvalue weighted by molar-refractivity contribution is 5.95. The Balaban J connectivity index is 2.05. The van der Waals surface area contributed by atoms with Gasteiger partial charge in [0.15, 0.2) is 0 Å². The summed E-state index contributed by atoms with van der Waals surface area (Å²) in [6.07, 6.45) is 1.02. The average molecular weight is 275 g/mol. The number of rotatable bonds is 3. The standard InChI is InChI=1S/C16H25N3O/c1-13-4-5-15(14(2)12-13)16(20)19-8-3-7-18(9-6-17)10-11-19/h4-5,12H,3,6-11,17H2,1-2H3. The van der Waals surface area contributed by atoms with Gasteiger partial charge < -0.3 is 15.5 Å². The van der Waals surface area contributed by atoms with Crippen LogP contribution in [0.25, 0.3) is 0 Å². The largest absolute Gasteiger partial charge is 0.337 e. The molecule has 1 amide bonds. The molecule has 0 saturated carbocycles. The van der Waals surface area contributed by atoms with Crippen molar-refractivity contribution in [2.75, 3.05) is 39.3 Å². The van der Waals surface area contributed by atoms with E-state index in [1.165, 1.54) is 5.56 Å². The molecule has 0 radical (unpaired) electrons. The van der Waals surface area contributed by atoms with E-state index < -0.39 is 0 Å². The number of hydrogen-bond acceptors (Lipinski definition) is 3. The molecule has 0 bridgehead atoms. The van der Waals surface area contributed by atoms with E-state index in [9.17, 15) is 4.79 Å². The molecule has 0 aliphatic carbocycles. The lowest BCUT2D eigenvalue weighted by Crippen LogP contribution is -2.36. The van der Waals surface area contributed by atoms with Gasteiger partial charge in [-0.2, -0.15) is 0 Å². The summed E-state index contributed by atoms with van der Waals surface area (Å²) in [5, 5.41) is 0. The van der Waals surface area contributed by atoms with Gasteiger partial charge in [0.2, 0.25) is 0 Å². The topological polar surface area (TPSA) is 49.6 Å². The van der Waals surface area contributed by atoms with Crippen molar-refractivity contribution in [3.8, 4) is 0 Å². The van der Waals surface area contributed by atoms with Gasteiger partial charge in [-0.1, -0.05) is 17.7 Å². The highest BCUT2D eigenvalue weighted by Gasteiger charge is 2.20. The Labute approximate surface area is 121 Å². The Morgan fingerprint density at radius 3 is 2.70 bits per heavy atom. The number of carbonyl (C=O) groups is 1. The van der Waals surface area contributed by atoms with Crippen molar-refractivity contribution in [2.45, 2.75) is 20.3 Å². The predicted octanol–water partition coefficient (Wildman–Crippen LogP) is 1.41. The van der Waals surface area contributed by atoms with Crippen molar-refractivity contribution < 1.29 is 4.79 Å².